The molecule has 9 heteroatoms. The molecule has 1 saturated carbocycles. The Labute approximate surface area is 200 Å². The van der Waals surface area contributed by atoms with Crippen LogP contribution < -0.4 is 10.6 Å². The van der Waals surface area contributed by atoms with Crippen molar-refractivity contribution in [1.82, 2.24) is 19.9 Å². The topological polar surface area (TPSA) is 86.2 Å². The van der Waals surface area contributed by atoms with Gasteiger partial charge < -0.3 is 15.7 Å². The third kappa shape index (κ3) is 6.82. The highest BCUT2D eigenvalue weighted by Crippen LogP contribution is 2.29. The van der Waals surface area contributed by atoms with Crippen LogP contribution in [0.5, 0.6) is 0 Å². The molecule has 0 radical (unpaired) electrons. The standard InChI is InChI=1S/C25H36F2N6O/c1-2-18(26)14-29-25-30-15-22(24(32-25)31-20-4-6-21(34)7-5-20)23-8-3-17(13-28-23)16-33-11-9-19(27)10-12-33/h3,8,13,15,18-21,34H,2,4-7,9-12,14,16H2,1H3,(H2,29,30,31,32)/t18-,20?,21?/m0/s1. The highest BCUT2D eigenvalue weighted by Gasteiger charge is 2.22. The second-order valence-corrected chi connectivity index (χ2v) is 9.49. The van der Waals surface area contributed by atoms with Gasteiger partial charge in [-0.15, -0.1) is 0 Å². The van der Waals surface area contributed by atoms with Gasteiger partial charge in [-0.2, -0.15) is 4.98 Å². The molecule has 2 aliphatic rings. The summed E-state index contributed by atoms with van der Waals surface area (Å²) in [7, 11) is 0. The van der Waals surface area contributed by atoms with E-state index in [1.807, 2.05) is 18.3 Å². The molecule has 1 aliphatic carbocycles. The summed E-state index contributed by atoms with van der Waals surface area (Å²) >= 11 is 0. The molecule has 0 aromatic carbocycles. The number of hydrogen-bond donors (Lipinski definition) is 3. The van der Waals surface area contributed by atoms with E-state index in [1.165, 1.54) is 0 Å². The van der Waals surface area contributed by atoms with Gasteiger partial charge in [0.2, 0.25) is 5.95 Å². The maximum absolute atomic E-state index is 13.7. The van der Waals surface area contributed by atoms with E-state index in [4.69, 9.17) is 0 Å². The van der Waals surface area contributed by atoms with Gasteiger partial charge >= 0.3 is 0 Å². The first-order valence-corrected chi connectivity index (χ1v) is 12.5. The zero-order valence-corrected chi connectivity index (χ0v) is 19.9. The van der Waals surface area contributed by atoms with Gasteiger partial charge in [0.1, 0.15) is 18.2 Å². The predicted molar refractivity (Wildman–Crippen MR) is 130 cm³/mol. The Hall–Kier alpha value is -2.39. The molecule has 34 heavy (non-hydrogen) atoms. The summed E-state index contributed by atoms with van der Waals surface area (Å²) in [6.45, 7) is 4.27. The van der Waals surface area contributed by atoms with Crippen molar-refractivity contribution in [2.24, 2.45) is 0 Å². The Balaban J connectivity index is 1.49. The summed E-state index contributed by atoms with van der Waals surface area (Å²) in [6, 6.07) is 4.21. The lowest BCUT2D eigenvalue weighted by Gasteiger charge is -2.28. The molecule has 2 aromatic rings. The third-order valence-electron chi connectivity index (χ3n) is 6.77. The van der Waals surface area contributed by atoms with Crippen molar-refractivity contribution < 1.29 is 13.9 Å². The van der Waals surface area contributed by atoms with E-state index < -0.39 is 12.3 Å². The molecule has 0 unspecified atom stereocenters. The molecular weight excluding hydrogens is 438 g/mol. The van der Waals surface area contributed by atoms with Crippen molar-refractivity contribution in [3.05, 3.63) is 30.1 Å². The molecule has 3 heterocycles. The van der Waals surface area contributed by atoms with Gasteiger partial charge in [0.05, 0.1) is 17.4 Å². The van der Waals surface area contributed by atoms with Crippen molar-refractivity contribution in [2.45, 2.75) is 82.9 Å². The predicted octanol–water partition coefficient (Wildman–Crippen LogP) is 4.35. The summed E-state index contributed by atoms with van der Waals surface area (Å²) in [5.74, 6) is 1.04. The van der Waals surface area contributed by atoms with Gasteiger partial charge in [-0.25, -0.2) is 13.8 Å². The van der Waals surface area contributed by atoms with E-state index in [9.17, 15) is 13.9 Å². The van der Waals surface area contributed by atoms with Crippen molar-refractivity contribution in [1.29, 1.82) is 0 Å². The number of piperidine rings is 1. The lowest BCUT2D eigenvalue weighted by atomic mass is 9.93. The van der Waals surface area contributed by atoms with E-state index in [0.29, 0.717) is 31.0 Å². The monoisotopic (exact) mass is 474 g/mol. The smallest absolute Gasteiger partial charge is 0.224 e. The number of rotatable bonds is 9. The molecule has 2 fully saturated rings. The average Bonchev–Trinajstić information content (AvgIpc) is 2.86. The van der Waals surface area contributed by atoms with Gasteiger partial charge in [-0.05, 0) is 56.6 Å². The van der Waals surface area contributed by atoms with Gasteiger partial charge in [0.25, 0.3) is 0 Å². The highest BCUT2D eigenvalue weighted by molar-refractivity contribution is 5.73. The molecule has 1 saturated heterocycles. The first-order valence-electron chi connectivity index (χ1n) is 12.5. The molecule has 186 valence electrons. The minimum absolute atomic E-state index is 0.164. The number of alkyl halides is 2. The zero-order chi connectivity index (χ0) is 23.9. The number of hydrogen-bond acceptors (Lipinski definition) is 7. The normalized spacial score (nSPS) is 22.9. The van der Waals surface area contributed by atoms with Crippen LogP contribution in [0, 0.1) is 0 Å². The minimum Gasteiger partial charge on any atom is -0.393 e. The van der Waals surface area contributed by atoms with Crippen LogP contribution in [0.2, 0.25) is 0 Å². The van der Waals surface area contributed by atoms with Crippen molar-refractivity contribution in [3.63, 3.8) is 0 Å². The van der Waals surface area contributed by atoms with E-state index in [-0.39, 0.29) is 18.7 Å². The van der Waals surface area contributed by atoms with Gasteiger partial charge in [0.15, 0.2) is 0 Å². The zero-order valence-electron chi connectivity index (χ0n) is 19.9. The summed E-state index contributed by atoms with van der Waals surface area (Å²) < 4.78 is 27.1. The molecule has 7 nitrogen and oxygen atoms in total. The highest BCUT2D eigenvalue weighted by atomic mass is 19.1. The number of nitrogens with zero attached hydrogens (tertiary/aromatic N) is 4. The summed E-state index contributed by atoms with van der Waals surface area (Å²) in [5, 5.41) is 16.3. The largest absolute Gasteiger partial charge is 0.393 e. The second-order valence-electron chi connectivity index (χ2n) is 9.49. The fourth-order valence-corrected chi connectivity index (χ4v) is 4.52. The Kier molecular flexibility index (Phi) is 8.61. The van der Waals surface area contributed by atoms with E-state index in [0.717, 1.165) is 62.1 Å². The fourth-order valence-electron chi connectivity index (χ4n) is 4.52. The molecular formula is C25H36F2N6O. The number of pyridine rings is 1. The van der Waals surface area contributed by atoms with Crippen molar-refractivity contribution in [3.8, 4) is 11.3 Å². The maximum atomic E-state index is 13.7. The van der Waals surface area contributed by atoms with E-state index in [1.54, 1.807) is 13.1 Å². The van der Waals surface area contributed by atoms with E-state index >= 15 is 0 Å². The molecule has 2 aromatic heterocycles. The Morgan fingerprint density at radius 1 is 1.09 bits per heavy atom. The van der Waals surface area contributed by atoms with Crippen molar-refractivity contribution >= 4 is 11.8 Å². The Bertz CT molecular complexity index is 899. The lowest BCUT2D eigenvalue weighted by Crippen LogP contribution is -2.33. The van der Waals surface area contributed by atoms with Crippen LogP contribution in [-0.2, 0) is 6.54 Å². The average molecular weight is 475 g/mol. The summed E-state index contributed by atoms with van der Waals surface area (Å²) in [6.07, 6.45) is 6.58. The van der Waals surface area contributed by atoms with Gasteiger partial charge in [0, 0.05) is 44.6 Å². The van der Waals surface area contributed by atoms with E-state index in [2.05, 4.69) is 30.5 Å². The first kappa shape index (κ1) is 24.7. The summed E-state index contributed by atoms with van der Waals surface area (Å²) in [4.78, 5) is 16.0. The second kappa shape index (κ2) is 11.8. The van der Waals surface area contributed by atoms with Crippen LogP contribution in [0.3, 0.4) is 0 Å². The van der Waals surface area contributed by atoms with Crippen LogP contribution >= 0.6 is 0 Å². The minimum atomic E-state index is -0.954. The Morgan fingerprint density at radius 3 is 2.53 bits per heavy atom. The Morgan fingerprint density at radius 2 is 1.85 bits per heavy atom. The van der Waals surface area contributed by atoms with Gasteiger partial charge in [-0.3, -0.25) is 9.88 Å². The van der Waals surface area contributed by atoms with Crippen molar-refractivity contribution in [2.75, 3.05) is 30.3 Å². The molecule has 0 spiro atoms. The number of aromatic nitrogens is 3. The third-order valence-corrected chi connectivity index (χ3v) is 6.77. The first-order chi connectivity index (χ1) is 16.5. The number of anilines is 2. The lowest BCUT2D eigenvalue weighted by molar-refractivity contribution is 0.126. The van der Waals surface area contributed by atoms with Crippen LogP contribution in [0.4, 0.5) is 20.5 Å². The summed E-state index contributed by atoms with van der Waals surface area (Å²) in [5.41, 5.74) is 2.63. The molecule has 4 rings (SSSR count). The van der Waals surface area contributed by atoms with Crippen LogP contribution in [0.15, 0.2) is 24.5 Å². The molecule has 0 bridgehead atoms. The van der Waals surface area contributed by atoms with Crippen LogP contribution in [0.1, 0.15) is 57.4 Å². The molecule has 3 N–H and O–H groups in total. The quantitative estimate of drug-likeness (QED) is 0.498. The number of likely N-dealkylation sites (tertiary alicyclic amines) is 1. The van der Waals surface area contributed by atoms with Crippen LogP contribution in [0.25, 0.3) is 11.3 Å². The van der Waals surface area contributed by atoms with Gasteiger partial charge in [-0.1, -0.05) is 13.0 Å². The number of halogens is 2. The molecule has 1 atom stereocenters. The molecule has 1 aliphatic heterocycles. The number of nitrogens with one attached hydrogen (secondary N) is 2. The number of aliphatic hydroxyl groups excluding tert-OH is 1. The molecule has 0 amide bonds. The fraction of sp³-hybridized carbons (Fsp3) is 0.640. The maximum Gasteiger partial charge on any atom is 0.224 e. The SMILES string of the molecule is CC[C@H](F)CNc1ncc(-c2ccc(CN3CCC(F)CC3)cn2)c(NC2CCC(O)CC2)n1. The van der Waals surface area contributed by atoms with Crippen LogP contribution in [-0.4, -0.2) is 69.1 Å². The number of aliphatic hydroxyl groups is 1.